The third-order valence-corrected chi connectivity index (χ3v) is 6.19. The Hall–Kier alpha value is -4.43. The summed E-state index contributed by atoms with van der Waals surface area (Å²) in [4.78, 5) is 37.2. The highest BCUT2D eigenvalue weighted by molar-refractivity contribution is 7.15. The van der Waals surface area contributed by atoms with Crippen molar-refractivity contribution in [2.24, 2.45) is 0 Å². The molecule has 7 nitrogen and oxygen atoms in total. The van der Waals surface area contributed by atoms with Gasteiger partial charge in [0.2, 0.25) is 0 Å². The van der Waals surface area contributed by atoms with Crippen molar-refractivity contribution in [3.63, 3.8) is 0 Å². The zero-order valence-corrected chi connectivity index (χ0v) is 21.0. The molecule has 0 unspecified atom stereocenters. The average molecular weight is 516 g/mol. The molecule has 188 valence electrons. The first-order chi connectivity index (χ1) is 18.0. The lowest BCUT2D eigenvalue weighted by Crippen LogP contribution is -2.24. The minimum atomic E-state index is -0.691. The van der Waals surface area contributed by atoms with E-state index in [1.807, 2.05) is 72.8 Å². The van der Waals surface area contributed by atoms with Crippen LogP contribution in [0.2, 0.25) is 0 Å². The Kier molecular flexibility index (Phi) is 8.67. The summed E-state index contributed by atoms with van der Waals surface area (Å²) in [6.07, 6.45) is 0. The maximum absolute atomic E-state index is 12.6. The topological polar surface area (TPSA) is 90.9 Å². The summed E-state index contributed by atoms with van der Waals surface area (Å²) in [5, 5.41) is 4.76. The molecule has 0 radical (unpaired) electrons. The van der Waals surface area contributed by atoms with Gasteiger partial charge < -0.3 is 19.5 Å². The molecule has 0 fully saturated rings. The van der Waals surface area contributed by atoms with Gasteiger partial charge in [0.25, 0.3) is 5.91 Å². The largest absolute Gasteiger partial charge is 0.482 e. The molecule has 0 aliphatic rings. The minimum absolute atomic E-state index is 0.197. The van der Waals surface area contributed by atoms with E-state index in [1.165, 1.54) is 11.3 Å². The van der Waals surface area contributed by atoms with Crippen LogP contribution < -0.4 is 10.1 Å². The third kappa shape index (κ3) is 6.83. The highest BCUT2D eigenvalue weighted by Crippen LogP contribution is 2.36. The Morgan fingerprint density at radius 1 is 0.757 bits per heavy atom. The molecule has 0 saturated heterocycles. The maximum Gasteiger partial charge on any atom is 0.344 e. The molecule has 37 heavy (non-hydrogen) atoms. The molecule has 0 aliphatic heterocycles. The summed E-state index contributed by atoms with van der Waals surface area (Å²) in [6.45, 7) is 1.05. The molecule has 1 aromatic heterocycles. The normalized spacial score (nSPS) is 10.4. The summed E-state index contributed by atoms with van der Waals surface area (Å²) in [5.41, 5.74) is 3.84. The van der Waals surface area contributed by atoms with Crippen LogP contribution in [-0.2, 0) is 19.1 Å². The molecule has 0 atom stereocenters. The van der Waals surface area contributed by atoms with E-state index in [-0.39, 0.29) is 18.8 Å². The SMILES string of the molecule is CCOC(=O)c1c(-c2ccccc2)csc1NC(=O)COC(=O)COc1ccc(-c2ccccc2)cc1. The van der Waals surface area contributed by atoms with Gasteiger partial charge >= 0.3 is 11.9 Å². The number of anilines is 1. The van der Waals surface area contributed by atoms with Gasteiger partial charge in [0, 0.05) is 10.9 Å². The molecule has 3 aromatic carbocycles. The quantitative estimate of drug-likeness (QED) is 0.268. The molecule has 4 rings (SSSR count). The standard InChI is InChI=1S/C29H25NO6S/c1-2-34-29(33)27-24(22-11-7-4-8-12-22)19-37-28(27)30-25(31)17-36-26(32)18-35-23-15-13-21(14-16-23)20-9-5-3-6-10-20/h3-16,19H,2,17-18H2,1H3,(H,30,31). The van der Waals surface area contributed by atoms with Gasteiger partial charge in [-0.2, -0.15) is 0 Å². The van der Waals surface area contributed by atoms with Crippen molar-refractivity contribution in [3.05, 3.63) is 95.9 Å². The zero-order valence-electron chi connectivity index (χ0n) is 20.1. The van der Waals surface area contributed by atoms with Crippen molar-refractivity contribution in [1.29, 1.82) is 0 Å². The van der Waals surface area contributed by atoms with Gasteiger partial charge in [0.15, 0.2) is 13.2 Å². The first-order valence-corrected chi connectivity index (χ1v) is 12.5. The van der Waals surface area contributed by atoms with E-state index in [1.54, 1.807) is 24.4 Å². The molecule has 4 aromatic rings. The van der Waals surface area contributed by atoms with Crippen molar-refractivity contribution in [1.82, 2.24) is 0 Å². The molecule has 1 N–H and O–H groups in total. The van der Waals surface area contributed by atoms with Gasteiger partial charge in [-0.05, 0) is 35.7 Å². The second-order valence-corrected chi connectivity index (χ2v) is 8.71. The molecular weight excluding hydrogens is 490 g/mol. The fraction of sp³-hybridized carbons (Fsp3) is 0.138. The number of rotatable bonds is 10. The van der Waals surface area contributed by atoms with E-state index >= 15 is 0 Å². The fourth-order valence-electron chi connectivity index (χ4n) is 3.55. The van der Waals surface area contributed by atoms with Crippen molar-refractivity contribution in [2.45, 2.75) is 6.92 Å². The number of ether oxygens (including phenoxy) is 3. The first-order valence-electron chi connectivity index (χ1n) is 11.6. The van der Waals surface area contributed by atoms with E-state index in [0.29, 0.717) is 16.3 Å². The van der Waals surface area contributed by atoms with Gasteiger partial charge in [-0.15, -0.1) is 11.3 Å². The van der Waals surface area contributed by atoms with Crippen molar-refractivity contribution in [2.75, 3.05) is 25.1 Å². The molecule has 1 amide bonds. The number of benzene rings is 3. The Bertz CT molecular complexity index is 1350. The van der Waals surface area contributed by atoms with Gasteiger partial charge in [0.05, 0.1) is 6.61 Å². The van der Waals surface area contributed by atoms with Crippen LogP contribution in [0.1, 0.15) is 17.3 Å². The van der Waals surface area contributed by atoms with E-state index in [2.05, 4.69) is 5.32 Å². The number of nitrogens with one attached hydrogen (secondary N) is 1. The summed E-state index contributed by atoms with van der Waals surface area (Å²) >= 11 is 1.20. The number of hydrogen-bond donors (Lipinski definition) is 1. The third-order valence-electron chi connectivity index (χ3n) is 5.29. The first kappa shape index (κ1) is 25.7. The monoisotopic (exact) mass is 515 g/mol. The van der Waals surface area contributed by atoms with E-state index in [9.17, 15) is 14.4 Å². The highest BCUT2D eigenvalue weighted by atomic mass is 32.1. The number of hydrogen-bond acceptors (Lipinski definition) is 7. The molecule has 8 heteroatoms. The van der Waals surface area contributed by atoms with Crippen molar-refractivity contribution >= 4 is 34.2 Å². The predicted octanol–water partition coefficient (Wildman–Crippen LogP) is 5.82. The number of esters is 2. The minimum Gasteiger partial charge on any atom is -0.482 e. The molecule has 0 spiro atoms. The molecule has 1 heterocycles. The van der Waals surface area contributed by atoms with Gasteiger partial charge in [-0.25, -0.2) is 9.59 Å². The summed E-state index contributed by atoms with van der Waals surface area (Å²) in [7, 11) is 0. The smallest absolute Gasteiger partial charge is 0.344 e. The van der Waals surface area contributed by atoms with E-state index in [4.69, 9.17) is 14.2 Å². The van der Waals surface area contributed by atoms with Crippen molar-refractivity contribution in [3.8, 4) is 28.0 Å². The van der Waals surface area contributed by atoms with E-state index < -0.39 is 24.5 Å². The second kappa shape index (κ2) is 12.5. The second-order valence-electron chi connectivity index (χ2n) is 7.83. The van der Waals surface area contributed by atoms with Crippen LogP contribution in [0.3, 0.4) is 0 Å². The number of thiophene rings is 1. The molecule has 0 bridgehead atoms. The fourth-order valence-corrected chi connectivity index (χ4v) is 4.53. The highest BCUT2D eigenvalue weighted by Gasteiger charge is 2.23. The summed E-state index contributed by atoms with van der Waals surface area (Å²) in [5.74, 6) is -1.30. The predicted molar refractivity (Wildman–Crippen MR) is 143 cm³/mol. The Morgan fingerprint density at radius 2 is 1.38 bits per heavy atom. The maximum atomic E-state index is 12.6. The Labute approximate surface area is 218 Å². The van der Waals surface area contributed by atoms with Crippen LogP contribution in [-0.4, -0.2) is 37.7 Å². The van der Waals surface area contributed by atoms with Crippen LogP contribution in [0.25, 0.3) is 22.3 Å². The summed E-state index contributed by atoms with van der Waals surface area (Å²) in [6, 6.07) is 26.5. The molecule has 0 aliphatic carbocycles. The van der Waals surface area contributed by atoms with Gasteiger partial charge in [-0.1, -0.05) is 72.8 Å². The number of carbonyl (C=O) groups excluding carboxylic acids is 3. The lowest BCUT2D eigenvalue weighted by atomic mass is 10.0. The van der Waals surface area contributed by atoms with Crippen LogP contribution in [0.4, 0.5) is 5.00 Å². The van der Waals surface area contributed by atoms with Crippen LogP contribution in [0.5, 0.6) is 5.75 Å². The van der Waals surface area contributed by atoms with Crippen molar-refractivity contribution < 1.29 is 28.6 Å². The zero-order chi connectivity index (χ0) is 26.0. The summed E-state index contributed by atoms with van der Waals surface area (Å²) < 4.78 is 15.7. The van der Waals surface area contributed by atoms with Gasteiger partial charge in [0.1, 0.15) is 16.3 Å². The lowest BCUT2D eigenvalue weighted by Gasteiger charge is -2.10. The molecular formula is C29H25NO6S. The van der Waals surface area contributed by atoms with Crippen LogP contribution in [0, 0.1) is 0 Å². The number of carbonyl (C=O) groups is 3. The van der Waals surface area contributed by atoms with Crippen LogP contribution in [0.15, 0.2) is 90.3 Å². The molecule has 0 saturated carbocycles. The van der Waals surface area contributed by atoms with Crippen LogP contribution >= 0.6 is 11.3 Å². The lowest BCUT2D eigenvalue weighted by molar-refractivity contribution is -0.149. The van der Waals surface area contributed by atoms with E-state index in [0.717, 1.165) is 16.7 Å². The van der Waals surface area contributed by atoms with Gasteiger partial charge in [-0.3, -0.25) is 4.79 Å². The Morgan fingerprint density at radius 3 is 2.03 bits per heavy atom. The number of amides is 1. The average Bonchev–Trinajstić information content (AvgIpc) is 3.35. The Balaban J connectivity index is 1.31.